The zero-order valence-corrected chi connectivity index (χ0v) is 21.7. The van der Waals surface area contributed by atoms with Gasteiger partial charge in [-0.1, -0.05) is 11.6 Å². The lowest BCUT2D eigenvalue weighted by atomic mass is 10.1. The van der Waals surface area contributed by atoms with E-state index in [2.05, 4.69) is 55.2 Å². The molecule has 2 aliphatic heterocycles. The minimum absolute atomic E-state index is 0.114. The van der Waals surface area contributed by atoms with E-state index in [4.69, 9.17) is 16.3 Å². The van der Waals surface area contributed by atoms with E-state index in [-0.39, 0.29) is 5.69 Å². The molecule has 11 heteroatoms. The third-order valence-electron chi connectivity index (χ3n) is 6.76. The molecule has 0 bridgehead atoms. The molecule has 8 nitrogen and oxygen atoms in total. The molecule has 2 aliphatic rings. The van der Waals surface area contributed by atoms with Crippen molar-refractivity contribution in [2.75, 3.05) is 86.6 Å². The number of ether oxygens (including phenoxy) is 1. The minimum Gasteiger partial charge on any atom is -0.378 e. The lowest BCUT2D eigenvalue weighted by Gasteiger charge is -2.35. The molecule has 2 saturated heterocycles. The van der Waals surface area contributed by atoms with Gasteiger partial charge in [0.05, 0.1) is 18.9 Å². The number of piperazine rings is 1. The van der Waals surface area contributed by atoms with Crippen molar-refractivity contribution >= 4 is 46.1 Å². The van der Waals surface area contributed by atoms with Crippen LogP contribution in [0.15, 0.2) is 42.6 Å². The number of morpholine rings is 1. The van der Waals surface area contributed by atoms with Gasteiger partial charge in [-0.2, -0.15) is 4.98 Å². The van der Waals surface area contributed by atoms with E-state index in [0.29, 0.717) is 25.0 Å². The largest absolute Gasteiger partial charge is 0.378 e. The van der Waals surface area contributed by atoms with Crippen LogP contribution in [0.5, 0.6) is 0 Å². The van der Waals surface area contributed by atoms with Crippen molar-refractivity contribution < 1.29 is 13.5 Å². The maximum Gasteiger partial charge on any atom is 0.229 e. The van der Waals surface area contributed by atoms with Crippen molar-refractivity contribution in [3.05, 3.63) is 59.3 Å². The van der Waals surface area contributed by atoms with E-state index < -0.39 is 16.7 Å². The Balaban J connectivity index is 1.43. The zero-order chi connectivity index (χ0) is 25.9. The quantitative estimate of drug-likeness (QED) is 0.468. The first-order chi connectivity index (χ1) is 17.9. The summed E-state index contributed by atoms with van der Waals surface area (Å²) in [6, 6.07) is 10.5. The molecule has 0 radical (unpaired) electrons. The van der Waals surface area contributed by atoms with Gasteiger partial charge in [0.25, 0.3) is 0 Å². The highest BCUT2D eigenvalue weighted by Crippen LogP contribution is 2.33. The SMILES string of the molecule is CN1CCN(c2cc(Nc3nccc(N(C)c4ccc(F)c(Cl)c4F)n3)cc(N3CCOCC3)c2)CC1. The van der Waals surface area contributed by atoms with Crippen LogP contribution >= 0.6 is 11.6 Å². The van der Waals surface area contributed by atoms with Gasteiger partial charge in [0.1, 0.15) is 16.7 Å². The monoisotopic (exact) mass is 529 g/mol. The summed E-state index contributed by atoms with van der Waals surface area (Å²) in [4.78, 5) is 17.5. The van der Waals surface area contributed by atoms with Gasteiger partial charge < -0.3 is 29.7 Å². The predicted octanol–water partition coefficient (Wildman–Crippen LogP) is 4.51. The molecule has 3 heterocycles. The van der Waals surface area contributed by atoms with Crippen molar-refractivity contribution in [1.29, 1.82) is 0 Å². The zero-order valence-electron chi connectivity index (χ0n) is 20.9. The van der Waals surface area contributed by atoms with Crippen molar-refractivity contribution in [3.63, 3.8) is 0 Å². The van der Waals surface area contributed by atoms with Crippen LogP contribution in [0.2, 0.25) is 5.02 Å². The summed E-state index contributed by atoms with van der Waals surface area (Å²) in [5, 5.41) is 2.78. The highest BCUT2D eigenvalue weighted by atomic mass is 35.5. The summed E-state index contributed by atoms with van der Waals surface area (Å²) in [6.45, 7) is 6.96. The summed E-state index contributed by atoms with van der Waals surface area (Å²) in [5.41, 5.74) is 3.21. The Morgan fingerprint density at radius 3 is 2.32 bits per heavy atom. The molecule has 2 fully saturated rings. The van der Waals surface area contributed by atoms with Gasteiger partial charge in [-0.3, -0.25) is 0 Å². The maximum absolute atomic E-state index is 14.6. The maximum atomic E-state index is 14.6. The van der Waals surface area contributed by atoms with E-state index in [1.807, 2.05) is 0 Å². The molecule has 1 N–H and O–H groups in total. The fraction of sp³-hybridized carbons (Fsp3) is 0.385. The second-order valence-electron chi connectivity index (χ2n) is 9.24. The van der Waals surface area contributed by atoms with E-state index >= 15 is 0 Å². The molecule has 0 aliphatic carbocycles. The molecule has 5 rings (SSSR count). The van der Waals surface area contributed by atoms with E-state index in [1.54, 1.807) is 19.3 Å². The summed E-state index contributed by atoms with van der Waals surface area (Å²) in [5.74, 6) is -0.853. The summed E-state index contributed by atoms with van der Waals surface area (Å²) >= 11 is 5.78. The lowest BCUT2D eigenvalue weighted by Crippen LogP contribution is -2.44. The average Bonchev–Trinajstić information content (AvgIpc) is 2.92. The molecule has 0 saturated carbocycles. The Kier molecular flexibility index (Phi) is 7.59. The Hall–Kier alpha value is -3.21. The number of nitrogens with zero attached hydrogens (tertiary/aromatic N) is 6. The number of aromatic nitrogens is 2. The van der Waals surface area contributed by atoms with Crippen LogP contribution in [0, 0.1) is 11.6 Å². The summed E-state index contributed by atoms with van der Waals surface area (Å²) in [6.07, 6.45) is 1.59. The standard InChI is InChI=1S/C26H30ClF2N7O/c1-33-7-9-35(10-8-33)19-15-18(16-20(17-19)36-11-13-37-14-12-36)31-26-30-6-5-23(32-26)34(2)22-4-3-21(28)24(27)25(22)29/h3-6,15-17H,7-14H2,1-2H3,(H,30,31,32). The number of anilines is 6. The highest BCUT2D eigenvalue weighted by molar-refractivity contribution is 6.31. The average molecular weight is 530 g/mol. The van der Waals surface area contributed by atoms with Crippen LogP contribution in [0.3, 0.4) is 0 Å². The number of halogens is 3. The van der Waals surface area contributed by atoms with Gasteiger partial charge in [0.2, 0.25) is 5.95 Å². The molecule has 0 spiro atoms. The van der Waals surface area contributed by atoms with Gasteiger partial charge in [0, 0.05) is 69.6 Å². The third-order valence-corrected chi connectivity index (χ3v) is 7.11. The number of hydrogen-bond donors (Lipinski definition) is 1. The molecule has 2 aromatic carbocycles. The number of nitrogens with one attached hydrogen (secondary N) is 1. The van der Waals surface area contributed by atoms with Crippen molar-refractivity contribution in [2.45, 2.75) is 0 Å². The fourth-order valence-electron chi connectivity index (χ4n) is 4.54. The molecule has 196 valence electrons. The van der Waals surface area contributed by atoms with Gasteiger partial charge >= 0.3 is 0 Å². The van der Waals surface area contributed by atoms with Crippen molar-refractivity contribution in [2.24, 2.45) is 0 Å². The van der Waals surface area contributed by atoms with Gasteiger partial charge in [-0.25, -0.2) is 13.8 Å². The number of benzene rings is 2. The smallest absolute Gasteiger partial charge is 0.229 e. The van der Waals surface area contributed by atoms with Crippen LogP contribution in [0.4, 0.5) is 43.3 Å². The highest BCUT2D eigenvalue weighted by Gasteiger charge is 2.20. The molecule has 3 aromatic rings. The number of likely N-dealkylation sites (N-methyl/N-ethyl adjacent to an activating group) is 1. The molecule has 0 amide bonds. The first kappa shape index (κ1) is 25.4. The predicted molar refractivity (Wildman–Crippen MR) is 144 cm³/mol. The van der Waals surface area contributed by atoms with Crippen LogP contribution in [0.25, 0.3) is 0 Å². The molecular weight excluding hydrogens is 500 g/mol. The Bertz CT molecular complexity index is 1250. The van der Waals surface area contributed by atoms with Crippen molar-refractivity contribution in [1.82, 2.24) is 14.9 Å². The molecule has 0 atom stereocenters. The van der Waals surface area contributed by atoms with E-state index in [9.17, 15) is 8.78 Å². The Morgan fingerprint density at radius 1 is 0.946 bits per heavy atom. The first-order valence-electron chi connectivity index (χ1n) is 12.3. The normalized spacial score (nSPS) is 16.7. The fourth-order valence-corrected chi connectivity index (χ4v) is 4.70. The van der Waals surface area contributed by atoms with Crippen LogP contribution in [-0.4, -0.2) is 81.4 Å². The van der Waals surface area contributed by atoms with Crippen molar-refractivity contribution in [3.8, 4) is 0 Å². The topological polar surface area (TPSA) is 60.0 Å². The van der Waals surface area contributed by atoms with Crippen LogP contribution in [-0.2, 0) is 4.74 Å². The summed E-state index contributed by atoms with van der Waals surface area (Å²) in [7, 11) is 3.78. The number of hydrogen-bond acceptors (Lipinski definition) is 8. The van der Waals surface area contributed by atoms with Gasteiger partial charge in [-0.15, -0.1) is 0 Å². The van der Waals surface area contributed by atoms with Gasteiger partial charge in [0.15, 0.2) is 5.82 Å². The Morgan fingerprint density at radius 2 is 1.62 bits per heavy atom. The van der Waals surface area contributed by atoms with Gasteiger partial charge in [-0.05, 0) is 43.4 Å². The summed E-state index contributed by atoms with van der Waals surface area (Å²) < 4.78 is 33.8. The third kappa shape index (κ3) is 5.71. The first-order valence-corrected chi connectivity index (χ1v) is 12.7. The minimum atomic E-state index is -0.840. The second kappa shape index (κ2) is 11.0. The molecule has 37 heavy (non-hydrogen) atoms. The lowest BCUT2D eigenvalue weighted by molar-refractivity contribution is 0.122. The van der Waals surface area contributed by atoms with Crippen LogP contribution < -0.4 is 20.0 Å². The molecule has 0 unspecified atom stereocenters. The van der Waals surface area contributed by atoms with Crippen LogP contribution in [0.1, 0.15) is 0 Å². The number of rotatable bonds is 6. The Labute approximate surface area is 220 Å². The van der Waals surface area contributed by atoms with E-state index in [1.165, 1.54) is 11.0 Å². The molecular formula is C26H30ClF2N7O. The molecule has 1 aromatic heterocycles. The second-order valence-corrected chi connectivity index (χ2v) is 9.62. The van der Waals surface area contributed by atoms with E-state index in [0.717, 1.165) is 62.4 Å².